The predicted octanol–water partition coefficient (Wildman–Crippen LogP) is 2.25. The summed E-state index contributed by atoms with van der Waals surface area (Å²) < 4.78 is 27.1. The van der Waals surface area contributed by atoms with Gasteiger partial charge >= 0.3 is 0 Å². The molecule has 12 heavy (non-hydrogen) atoms. The minimum absolute atomic E-state index is 0.300. The van der Waals surface area contributed by atoms with Crippen LogP contribution in [0.1, 0.15) is 5.56 Å². The maximum absolute atomic E-state index is 13.0. The Morgan fingerprint density at radius 3 is 2.33 bits per heavy atom. The van der Waals surface area contributed by atoms with Crippen molar-refractivity contribution in [2.45, 2.75) is 6.92 Å². The van der Waals surface area contributed by atoms with Gasteiger partial charge in [-0.25, -0.2) is 8.97 Å². The van der Waals surface area contributed by atoms with Crippen LogP contribution in [0.3, 0.4) is 0 Å². The third-order valence-corrected chi connectivity index (χ3v) is 1.64. The molecule has 0 aromatic heterocycles. The summed E-state index contributed by atoms with van der Waals surface area (Å²) in [5.41, 5.74) is 0.718. The standard InChI is InChI=1S/C9H10F2N/c1-6-4-9(12(2)3)8(11)5-7(6)10/h4-5H,2H2,1,3H3/q+1. The van der Waals surface area contributed by atoms with Crippen LogP contribution in [0.4, 0.5) is 14.5 Å². The maximum atomic E-state index is 13.0. The Bertz CT molecular complexity index is 332. The summed E-state index contributed by atoms with van der Waals surface area (Å²) in [6.45, 7) is 5.10. The first kappa shape index (κ1) is 8.84. The van der Waals surface area contributed by atoms with Crippen LogP contribution in [-0.2, 0) is 0 Å². The first-order valence-electron chi connectivity index (χ1n) is 3.52. The molecule has 0 bridgehead atoms. The molecule has 1 nitrogen and oxygen atoms in total. The molecule has 0 radical (unpaired) electrons. The largest absolute Gasteiger partial charge is 0.241 e. The monoisotopic (exact) mass is 170 g/mol. The van der Waals surface area contributed by atoms with Gasteiger partial charge in [0, 0.05) is 12.1 Å². The normalized spacial score (nSPS) is 10.0. The molecule has 0 aliphatic carbocycles. The van der Waals surface area contributed by atoms with E-state index in [-0.39, 0.29) is 0 Å². The van der Waals surface area contributed by atoms with Crippen LogP contribution in [0, 0.1) is 18.6 Å². The molecule has 0 fully saturated rings. The average molecular weight is 170 g/mol. The van der Waals surface area contributed by atoms with E-state index < -0.39 is 11.6 Å². The van der Waals surface area contributed by atoms with E-state index in [1.165, 1.54) is 10.6 Å². The lowest BCUT2D eigenvalue weighted by Crippen LogP contribution is -1.98. The molecule has 1 rings (SSSR count). The summed E-state index contributed by atoms with van der Waals surface area (Å²) in [6, 6.07) is 2.30. The zero-order valence-corrected chi connectivity index (χ0v) is 7.06. The van der Waals surface area contributed by atoms with Crippen LogP contribution >= 0.6 is 0 Å². The van der Waals surface area contributed by atoms with Gasteiger partial charge in [0.2, 0.25) is 5.69 Å². The summed E-state index contributed by atoms with van der Waals surface area (Å²) in [6.07, 6.45) is 0. The van der Waals surface area contributed by atoms with E-state index >= 15 is 0 Å². The molecule has 0 aliphatic rings. The van der Waals surface area contributed by atoms with Crippen LogP contribution in [0.15, 0.2) is 12.1 Å². The molecule has 0 aliphatic heterocycles. The molecule has 0 atom stereocenters. The Morgan fingerprint density at radius 1 is 1.25 bits per heavy atom. The van der Waals surface area contributed by atoms with Crippen molar-refractivity contribution < 1.29 is 13.4 Å². The van der Waals surface area contributed by atoms with Crippen LogP contribution < -0.4 is 0 Å². The molecule has 0 saturated carbocycles. The molecule has 0 spiro atoms. The van der Waals surface area contributed by atoms with E-state index in [1.807, 2.05) is 0 Å². The van der Waals surface area contributed by atoms with Gasteiger partial charge in [0.05, 0.1) is 0 Å². The highest BCUT2D eigenvalue weighted by Gasteiger charge is 2.12. The molecular formula is C9H10F2N+. The number of halogens is 2. The zero-order chi connectivity index (χ0) is 9.30. The van der Waals surface area contributed by atoms with Gasteiger partial charge in [0.15, 0.2) is 5.82 Å². The Kier molecular flexibility index (Phi) is 2.22. The maximum Gasteiger partial charge on any atom is 0.241 e. The van der Waals surface area contributed by atoms with E-state index in [2.05, 4.69) is 6.72 Å². The van der Waals surface area contributed by atoms with Gasteiger partial charge in [-0.2, -0.15) is 4.39 Å². The predicted molar refractivity (Wildman–Crippen MR) is 44.1 cm³/mol. The molecule has 0 heterocycles. The smallest absolute Gasteiger partial charge is 0.207 e. The molecule has 0 N–H and O–H groups in total. The second-order valence-corrected chi connectivity index (χ2v) is 2.75. The minimum atomic E-state index is -0.587. The fourth-order valence-electron chi connectivity index (χ4n) is 0.935. The summed E-state index contributed by atoms with van der Waals surface area (Å²) in [5.74, 6) is -1.12. The van der Waals surface area contributed by atoms with E-state index in [0.717, 1.165) is 6.07 Å². The Labute approximate surface area is 70.0 Å². The van der Waals surface area contributed by atoms with Gasteiger partial charge < -0.3 is 0 Å². The van der Waals surface area contributed by atoms with Crippen LogP contribution in [0.5, 0.6) is 0 Å². The highest BCUT2D eigenvalue weighted by molar-refractivity contribution is 5.38. The highest BCUT2D eigenvalue weighted by atomic mass is 19.1. The molecule has 1 aromatic rings. The summed E-state index contributed by atoms with van der Waals surface area (Å²) in [5, 5.41) is 0. The molecule has 1 aromatic carbocycles. The van der Waals surface area contributed by atoms with E-state index in [4.69, 9.17) is 0 Å². The topological polar surface area (TPSA) is 3.01 Å². The van der Waals surface area contributed by atoms with Gasteiger partial charge in [0.25, 0.3) is 0 Å². The first-order chi connectivity index (χ1) is 5.52. The van der Waals surface area contributed by atoms with Crippen LogP contribution in [-0.4, -0.2) is 18.3 Å². The second kappa shape index (κ2) is 3.01. The Balaban J connectivity index is 3.33. The quantitative estimate of drug-likeness (QED) is 0.449. The number of aryl methyl sites for hydroxylation is 1. The highest BCUT2D eigenvalue weighted by Crippen LogP contribution is 2.19. The van der Waals surface area contributed by atoms with Crippen LogP contribution in [0.2, 0.25) is 0 Å². The van der Waals surface area contributed by atoms with Crippen molar-refractivity contribution in [2.24, 2.45) is 0 Å². The lowest BCUT2D eigenvalue weighted by atomic mass is 10.2. The molecule has 64 valence electrons. The third-order valence-electron chi connectivity index (χ3n) is 1.64. The summed E-state index contributed by atoms with van der Waals surface area (Å²) in [7, 11) is 1.61. The van der Waals surface area contributed by atoms with Gasteiger partial charge in [-0.05, 0) is 12.5 Å². The van der Waals surface area contributed by atoms with Crippen molar-refractivity contribution in [1.82, 2.24) is 0 Å². The fourth-order valence-corrected chi connectivity index (χ4v) is 0.935. The Morgan fingerprint density at radius 2 is 1.83 bits per heavy atom. The molecule has 0 saturated heterocycles. The van der Waals surface area contributed by atoms with Crippen molar-refractivity contribution in [3.8, 4) is 0 Å². The second-order valence-electron chi connectivity index (χ2n) is 2.75. The lowest BCUT2D eigenvalue weighted by Gasteiger charge is -1.99. The van der Waals surface area contributed by atoms with Crippen LogP contribution in [0.25, 0.3) is 0 Å². The molecule has 3 heteroatoms. The number of benzene rings is 1. The first-order valence-corrected chi connectivity index (χ1v) is 3.52. The molecular weight excluding hydrogens is 160 g/mol. The number of hydrogen-bond donors (Lipinski definition) is 0. The van der Waals surface area contributed by atoms with Gasteiger partial charge in [-0.15, -0.1) is 0 Å². The number of hydrogen-bond acceptors (Lipinski definition) is 0. The molecule has 0 amide bonds. The number of rotatable bonds is 1. The van der Waals surface area contributed by atoms with Gasteiger partial charge in [0.1, 0.15) is 19.6 Å². The van der Waals surface area contributed by atoms with Crippen molar-refractivity contribution in [2.75, 3.05) is 7.05 Å². The zero-order valence-electron chi connectivity index (χ0n) is 7.06. The van der Waals surface area contributed by atoms with E-state index in [0.29, 0.717) is 11.3 Å². The average Bonchev–Trinajstić information content (AvgIpc) is 1.96. The van der Waals surface area contributed by atoms with E-state index in [9.17, 15) is 8.78 Å². The van der Waals surface area contributed by atoms with Gasteiger partial charge in [-0.1, -0.05) is 0 Å². The number of nitrogens with zero attached hydrogens (tertiary/aromatic N) is 1. The summed E-state index contributed by atoms with van der Waals surface area (Å²) >= 11 is 0. The third kappa shape index (κ3) is 1.49. The van der Waals surface area contributed by atoms with Crippen molar-refractivity contribution in [3.05, 3.63) is 29.3 Å². The minimum Gasteiger partial charge on any atom is -0.207 e. The SMILES string of the molecule is C=[N+](C)c1cc(C)c(F)cc1F. The van der Waals surface area contributed by atoms with Gasteiger partial charge in [-0.3, -0.25) is 0 Å². The Hall–Kier alpha value is -1.25. The van der Waals surface area contributed by atoms with E-state index in [1.54, 1.807) is 14.0 Å². The molecule has 0 unspecified atom stereocenters. The lowest BCUT2D eigenvalue weighted by molar-refractivity contribution is -0.397. The van der Waals surface area contributed by atoms with Crippen molar-refractivity contribution >= 4 is 12.4 Å². The summed E-state index contributed by atoms with van der Waals surface area (Å²) in [4.78, 5) is 0. The fraction of sp³-hybridized carbons (Fsp3) is 0.222. The van der Waals surface area contributed by atoms with Crippen molar-refractivity contribution in [3.63, 3.8) is 0 Å². The van der Waals surface area contributed by atoms with Crippen molar-refractivity contribution in [1.29, 1.82) is 0 Å².